The van der Waals surface area contributed by atoms with Gasteiger partial charge in [0.15, 0.2) is 5.79 Å². The lowest BCUT2D eigenvalue weighted by Crippen LogP contribution is -2.57. The summed E-state index contributed by atoms with van der Waals surface area (Å²) in [6, 6.07) is 24.4. The summed E-state index contributed by atoms with van der Waals surface area (Å²) in [5, 5.41) is -0.387. The first kappa shape index (κ1) is 30.1. The molecular weight excluding hydrogens is 560 g/mol. The van der Waals surface area contributed by atoms with Crippen molar-refractivity contribution in [3.63, 3.8) is 0 Å². The summed E-state index contributed by atoms with van der Waals surface area (Å²) >= 11 is 0. The lowest BCUT2D eigenvalue weighted by Gasteiger charge is -2.48. The molecule has 2 aliphatic rings. The van der Waals surface area contributed by atoms with Crippen LogP contribution in [0.2, 0.25) is 0 Å². The van der Waals surface area contributed by atoms with Crippen LogP contribution in [-0.2, 0) is 45.9 Å². The molecule has 220 valence electrons. The Morgan fingerprint density at radius 3 is 2.12 bits per heavy atom. The van der Waals surface area contributed by atoms with Gasteiger partial charge in [0.05, 0.1) is 54.0 Å². The summed E-state index contributed by atoms with van der Waals surface area (Å²) in [5.41, 5.74) is 3.18. The van der Waals surface area contributed by atoms with Gasteiger partial charge in [0, 0.05) is 23.2 Å². The molecule has 2 fully saturated rings. The molecule has 0 amide bonds. The van der Waals surface area contributed by atoms with Crippen molar-refractivity contribution in [2.75, 3.05) is 26.4 Å². The first-order valence-corrected chi connectivity index (χ1v) is 16.7. The topological polar surface area (TPSA) is 88.1 Å². The molecule has 3 aromatic carbocycles. The molecule has 0 unspecified atom stereocenters. The zero-order valence-corrected chi connectivity index (χ0v) is 25.2. The second-order valence-electron chi connectivity index (χ2n) is 11.1. The Kier molecular flexibility index (Phi) is 9.74. The first-order chi connectivity index (χ1) is 19.7. The van der Waals surface area contributed by atoms with E-state index in [1.807, 2.05) is 68.4 Å². The van der Waals surface area contributed by atoms with E-state index in [1.54, 1.807) is 24.3 Å². The highest BCUT2D eigenvalue weighted by molar-refractivity contribution is 7.86. The fourth-order valence-corrected chi connectivity index (χ4v) is 8.04. The number of ether oxygens (including phenoxy) is 3. The molecule has 9 heteroatoms. The lowest BCUT2D eigenvalue weighted by molar-refractivity contribution is -0.288. The molecule has 41 heavy (non-hydrogen) atoms. The Bertz CT molecular complexity index is 1400. The molecule has 2 aliphatic heterocycles. The minimum absolute atomic E-state index is 0.0218. The van der Waals surface area contributed by atoms with E-state index in [-0.39, 0.29) is 35.2 Å². The molecule has 0 saturated carbocycles. The molecule has 0 N–H and O–H groups in total. The van der Waals surface area contributed by atoms with E-state index in [0.29, 0.717) is 39.1 Å². The van der Waals surface area contributed by atoms with Gasteiger partial charge in [-0.25, -0.2) is 0 Å². The van der Waals surface area contributed by atoms with Crippen LogP contribution in [0.5, 0.6) is 0 Å². The Hall–Kier alpha value is -2.40. The number of hydrogen-bond acceptors (Lipinski definition) is 7. The largest absolute Gasteiger partial charge is 0.376 e. The zero-order chi connectivity index (χ0) is 28.9. The van der Waals surface area contributed by atoms with Crippen molar-refractivity contribution in [2.24, 2.45) is 11.8 Å². The van der Waals surface area contributed by atoms with Gasteiger partial charge in [-0.05, 0) is 56.5 Å². The summed E-state index contributed by atoms with van der Waals surface area (Å²) < 4.78 is 63.5. The van der Waals surface area contributed by atoms with Gasteiger partial charge in [0.2, 0.25) is 0 Å². The summed E-state index contributed by atoms with van der Waals surface area (Å²) in [5.74, 6) is -1.05. The fourth-order valence-electron chi connectivity index (χ4n) is 5.30. The van der Waals surface area contributed by atoms with Gasteiger partial charge >= 0.3 is 0 Å². The average Bonchev–Trinajstić information content (AvgIpc) is 2.99. The molecule has 0 radical (unpaired) electrons. The fraction of sp³-hybridized carbons (Fsp3) is 0.438. The highest BCUT2D eigenvalue weighted by atomic mass is 32.2. The third-order valence-electron chi connectivity index (χ3n) is 7.81. The predicted octanol–water partition coefficient (Wildman–Crippen LogP) is 5.56. The second kappa shape index (κ2) is 13.3. The van der Waals surface area contributed by atoms with Crippen LogP contribution >= 0.6 is 0 Å². The van der Waals surface area contributed by atoms with Crippen LogP contribution in [-0.4, -0.2) is 50.1 Å². The lowest BCUT2D eigenvalue weighted by atomic mass is 9.88. The second-order valence-corrected chi connectivity index (χ2v) is 14.3. The molecule has 7 nitrogen and oxygen atoms in total. The Morgan fingerprint density at radius 2 is 1.49 bits per heavy atom. The third-order valence-corrected chi connectivity index (χ3v) is 10.9. The van der Waals surface area contributed by atoms with Crippen LogP contribution in [0, 0.1) is 25.7 Å². The van der Waals surface area contributed by atoms with Crippen molar-refractivity contribution in [1.82, 2.24) is 0 Å². The van der Waals surface area contributed by atoms with Gasteiger partial charge in [-0.3, -0.25) is 8.39 Å². The summed E-state index contributed by atoms with van der Waals surface area (Å²) in [7, 11) is -5.23. The van der Waals surface area contributed by atoms with E-state index >= 15 is 0 Å². The third kappa shape index (κ3) is 7.52. The quantitative estimate of drug-likeness (QED) is 0.282. The van der Waals surface area contributed by atoms with E-state index in [0.717, 1.165) is 21.6 Å². The summed E-state index contributed by atoms with van der Waals surface area (Å²) in [6.07, 6.45) is 1.78. The van der Waals surface area contributed by atoms with Crippen molar-refractivity contribution < 1.29 is 31.0 Å². The molecule has 0 aliphatic carbocycles. The maximum absolute atomic E-state index is 14.0. The van der Waals surface area contributed by atoms with Crippen LogP contribution in [0.25, 0.3) is 0 Å². The first-order valence-electron chi connectivity index (χ1n) is 14.1. The molecule has 5 rings (SSSR count). The monoisotopic (exact) mass is 598 g/mol. The number of benzene rings is 3. The van der Waals surface area contributed by atoms with E-state index in [2.05, 4.69) is 0 Å². The number of hydrogen-bond donors (Lipinski definition) is 0. The standard InChI is InChI=1S/C32H38O7S2/c1-24-8-12-29(13-9-24)40(33)31-18-28(20-36-19-26-6-4-3-5-7-26)22-38-32(31)17-16-27(21-37-32)23-39-41(34,35)30-14-10-25(2)11-15-30/h3-15,27-28,31H,16-23H2,1-2H3/t27-,28-,31-,32+,40-/m0/s1. The van der Waals surface area contributed by atoms with E-state index < -0.39 is 26.7 Å². The van der Waals surface area contributed by atoms with Crippen molar-refractivity contribution in [2.45, 2.75) is 60.5 Å². The van der Waals surface area contributed by atoms with Crippen LogP contribution in [0.3, 0.4) is 0 Å². The van der Waals surface area contributed by atoms with Crippen LogP contribution in [0.4, 0.5) is 0 Å². The van der Waals surface area contributed by atoms with Crippen molar-refractivity contribution in [3.8, 4) is 0 Å². The Morgan fingerprint density at radius 1 is 0.854 bits per heavy atom. The van der Waals surface area contributed by atoms with Gasteiger partial charge < -0.3 is 14.2 Å². The van der Waals surface area contributed by atoms with Crippen LogP contribution in [0.15, 0.2) is 88.7 Å². The maximum atomic E-state index is 14.0. The summed E-state index contributed by atoms with van der Waals surface area (Å²) in [6.45, 7) is 5.65. The highest BCUT2D eigenvalue weighted by Crippen LogP contribution is 2.42. The van der Waals surface area contributed by atoms with Gasteiger partial charge in [-0.2, -0.15) is 8.42 Å². The molecule has 2 heterocycles. The van der Waals surface area contributed by atoms with E-state index in [1.165, 1.54) is 0 Å². The summed E-state index contributed by atoms with van der Waals surface area (Å²) in [4.78, 5) is 0.883. The molecule has 3 aromatic rings. The molecular formula is C32H38O7S2. The zero-order valence-electron chi connectivity index (χ0n) is 23.6. The van der Waals surface area contributed by atoms with Crippen molar-refractivity contribution >= 4 is 20.9 Å². The van der Waals surface area contributed by atoms with Crippen molar-refractivity contribution in [1.29, 1.82) is 0 Å². The maximum Gasteiger partial charge on any atom is 0.296 e. The van der Waals surface area contributed by atoms with Gasteiger partial charge in [0.1, 0.15) is 0 Å². The smallest absolute Gasteiger partial charge is 0.296 e. The van der Waals surface area contributed by atoms with E-state index in [9.17, 15) is 12.6 Å². The van der Waals surface area contributed by atoms with Crippen molar-refractivity contribution in [3.05, 3.63) is 95.6 Å². The van der Waals surface area contributed by atoms with Crippen LogP contribution < -0.4 is 0 Å². The average molecular weight is 599 g/mol. The highest BCUT2D eigenvalue weighted by Gasteiger charge is 2.51. The SMILES string of the molecule is Cc1ccc([S@](=O)[C@H]2C[C@@H](COCc3ccccc3)CO[C@]23CC[C@H](COS(=O)(=O)c2ccc(C)cc2)CO3)cc1. The van der Waals surface area contributed by atoms with Crippen LogP contribution in [0.1, 0.15) is 36.0 Å². The molecule has 0 aromatic heterocycles. The minimum Gasteiger partial charge on any atom is -0.376 e. The Balaban J connectivity index is 1.23. The molecule has 1 spiro atoms. The molecule has 0 bridgehead atoms. The van der Waals surface area contributed by atoms with Gasteiger partial charge in [-0.1, -0.05) is 65.7 Å². The predicted molar refractivity (Wildman–Crippen MR) is 157 cm³/mol. The number of aryl methyl sites for hydroxylation is 2. The minimum atomic E-state index is -3.86. The molecule has 2 saturated heterocycles. The van der Waals surface area contributed by atoms with Gasteiger partial charge in [0.25, 0.3) is 10.1 Å². The Labute approximate surface area is 245 Å². The van der Waals surface area contributed by atoms with Gasteiger partial charge in [-0.15, -0.1) is 0 Å². The van der Waals surface area contributed by atoms with E-state index in [4.69, 9.17) is 18.4 Å². The molecule has 5 atom stereocenters. The normalized spacial score (nSPS) is 25.7. The number of rotatable bonds is 10.